The number of aryl methyl sites for hydroxylation is 1. The van der Waals surface area contributed by atoms with Crippen LogP contribution in [0.25, 0.3) is 0 Å². The van der Waals surface area contributed by atoms with Crippen LogP contribution in [0.1, 0.15) is 25.8 Å². The van der Waals surface area contributed by atoms with Gasteiger partial charge in [0.2, 0.25) is 5.91 Å². The summed E-state index contributed by atoms with van der Waals surface area (Å²) in [6.07, 6.45) is 0.168. The molecule has 0 saturated carbocycles. The van der Waals surface area contributed by atoms with Gasteiger partial charge in [-0.15, -0.1) is 0 Å². The number of ether oxygens (including phenoxy) is 1. The molecule has 0 bridgehead atoms. The van der Waals surface area contributed by atoms with Crippen LogP contribution in [0.2, 0.25) is 5.02 Å². The standard InChI is InChI=1S/C20H21ClN2O3/c1-13-7-8-17-16(11-13)23(19(25)20(2,3)26-17)10-9-18(24)22-15-6-4-5-14(21)12-15/h4-8,11-12H,9-10H2,1-3H3,(H,22,24). The SMILES string of the molecule is Cc1ccc2c(c1)N(CCC(=O)Nc1cccc(Cl)c1)C(=O)C(C)(C)O2. The van der Waals surface area contributed by atoms with Crippen molar-refractivity contribution in [3.63, 3.8) is 0 Å². The van der Waals surface area contributed by atoms with Gasteiger partial charge in [-0.3, -0.25) is 9.59 Å². The summed E-state index contributed by atoms with van der Waals surface area (Å²) in [4.78, 5) is 26.7. The molecule has 0 unspecified atom stereocenters. The second kappa shape index (κ2) is 7.00. The average molecular weight is 373 g/mol. The molecule has 0 radical (unpaired) electrons. The maximum Gasteiger partial charge on any atom is 0.270 e. The van der Waals surface area contributed by atoms with Crippen LogP contribution in [-0.2, 0) is 9.59 Å². The highest BCUT2D eigenvalue weighted by atomic mass is 35.5. The second-order valence-corrected chi connectivity index (χ2v) is 7.29. The fraction of sp³-hybridized carbons (Fsp3) is 0.300. The van der Waals surface area contributed by atoms with Gasteiger partial charge in [0.15, 0.2) is 5.60 Å². The molecule has 5 nitrogen and oxygen atoms in total. The Morgan fingerprint density at radius 1 is 1.23 bits per heavy atom. The summed E-state index contributed by atoms with van der Waals surface area (Å²) >= 11 is 5.93. The van der Waals surface area contributed by atoms with Crippen LogP contribution in [0.5, 0.6) is 5.75 Å². The molecule has 0 aromatic heterocycles. The third-order valence-corrected chi connectivity index (χ3v) is 4.44. The molecule has 3 rings (SSSR count). The molecule has 1 aliphatic heterocycles. The first-order valence-electron chi connectivity index (χ1n) is 8.43. The van der Waals surface area contributed by atoms with E-state index in [2.05, 4.69) is 5.32 Å². The number of hydrogen-bond acceptors (Lipinski definition) is 3. The lowest BCUT2D eigenvalue weighted by molar-refractivity contribution is -0.132. The fourth-order valence-corrected chi connectivity index (χ4v) is 3.09. The predicted molar refractivity (Wildman–Crippen MR) is 103 cm³/mol. The number of benzene rings is 2. The number of nitrogens with zero attached hydrogens (tertiary/aromatic N) is 1. The summed E-state index contributed by atoms with van der Waals surface area (Å²) in [6, 6.07) is 12.7. The normalized spacial score (nSPS) is 15.2. The highest BCUT2D eigenvalue weighted by Crippen LogP contribution is 2.38. The Labute approximate surface area is 157 Å². The molecule has 1 heterocycles. The molecule has 1 N–H and O–H groups in total. The summed E-state index contributed by atoms with van der Waals surface area (Å²) in [5.74, 6) is 0.306. The number of carbonyl (C=O) groups is 2. The Kier molecular flexibility index (Phi) is 4.92. The van der Waals surface area contributed by atoms with Gasteiger partial charge in [0.1, 0.15) is 5.75 Å². The van der Waals surface area contributed by atoms with Crippen LogP contribution in [-0.4, -0.2) is 24.0 Å². The van der Waals surface area contributed by atoms with Gasteiger partial charge in [-0.1, -0.05) is 23.7 Å². The average Bonchev–Trinajstić information content (AvgIpc) is 2.56. The number of anilines is 2. The lowest BCUT2D eigenvalue weighted by atomic mass is 10.0. The van der Waals surface area contributed by atoms with Gasteiger partial charge in [-0.25, -0.2) is 0 Å². The summed E-state index contributed by atoms with van der Waals surface area (Å²) in [5.41, 5.74) is 1.39. The van der Waals surface area contributed by atoms with Crippen molar-refractivity contribution in [1.29, 1.82) is 0 Å². The number of nitrogens with one attached hydrogen (secondary N) is 1. The van der Waals surface area contributed by atoms with E-state index in [-0.39, 0.29) is 24.8 Å². The molecule has 0 fully saturated rings. The minimum atomic E-state index is -0.967. The van der Waals surface area contributed by atoms with Crippen LogP contribution in [0, 0.1) is 6.92 Å². The van der Waals surface area contributed by atoms with E-state index in [0.717, 1.165) is 5.56 Å². The first-order chi connectivity index (χ1) is 12.3. The van der Waals surface area contributed by atoms with Crippen LogP contribution in [0.3, 0.4) is 0 Å². The monoisotopic (exact) mass is 372 g/mol. The minimum Gasteiger partial charge on any atom is -0.476 e. The Hall–Kier alpha value is -2.53. The summed E-state index contributed by atoms with van der Waals surface area (Å²) in [6.45, 7) is 5.69. The van der Waals surface area contributed by atoms with Gasteiger partial charge in [-0.2, -0.15) is 0 Å². The van der Waals surface area contributed by atoms with Crippen molar-refractivity contribution < 1.29 is 14.3 Å². The number of rotatable bonds is 4. The predicted octanol–water partition coefficient (Wildman–Crippen LogP) is 4.18. The van der Waals surface area contributed by atoms with Crippen molar-refractivity contribution in [3.05, 3.63) is 53.1 Å². The number of amides is 2. The third-order valence-electron chi connectivity index (χ3n) is 4.20. The van der Waals surface area contributed by atoms with Crippen LogP contribution < -0.4 is 15.0 Å². The summed E-state index contributed by atoms with van der Waals surface area (Å²) in [7, 11) is 0. The molecule has 2 aromatic rings. The molecule has 2 aromatic carbocycles. The van der Waals surface area contributed by atoms with Crippen LogP contribution in [0.15, 0.2) is 42.5 Å². The van der Waals surface area contributed by atoms with Crippen molar-refractivity contribution >= 4 is 34.8 Å². The Morgan fingerprint density at radius 3 is 2.73 bits per heavy atom. The molecule has 1 aliphatic rings. The first-order valence-corrected chi connectivity index (χ1v) is 8.81. The smallest absolute Gasteiger partial charge is 0.270 e. The highest BCUT2D eigenvalue weighted by molar-refractivity contribution is 6.30. The van der Waals surface area contributed by atoms with E-state index in [1.165, 1.54) is 0 Å². The van der Waals surface area contributed by atoms with E-state index in [1.54, 1.807) is 43.0 Å². The van der Waals surface area contributed by atoms with E-state index >= 15 is 0 Å². The summed E-state index contributed by atoms with van der Waals surface area (Å²) in [5, 5.41) is 3.35. The largest absolute Gasteiger partial charge is 0.476 e. The van der Waals surface area contributed by atoms with Gasteiger partial charge >= 0.3 is 0 Å². The highest BCUT2D eigenvalue weighted by Gasteiger charge is 2.40. The van der Waals surface area contributed by atoms with Gasteiger partial charge in [0.05, 0.1) is 5.69 Å². The van der Waals surface area contributed by atoms with Crippen molar-refractivity contribution in [3.8, 4) is 5.75 Å². The van der Waals surface area contributed by atoms with Gasteiger partial charge in [-0.05, 0) is 56.7 Å². The lowest BCUT2D eigenvalue weighted by Crippen LogP contribution is -2.53. The van der Waals surface area contributed by atoms with E-state index < -0.39 is 5.60 Å². The number of hydrogen-bond donors (Lipinski definition) is 1. The molecule has 0 aliphatic carbocycles. The first kappa shape index (κ1) is 18.3. The quantitative estimate of drug-likeness (QED) is 0.875. The molecular formula is C20H21ClN2O3. The Bertz CT molecular complexity index is 864. The third kappa shape index (κ3) is 3.83. The molecule has 0 spiro atoms. The van der Waals surface area contributed by atoms with E-state index in [0.29, 0.717) is 22.1 Å². The van der Waals surface area contributed by atoms with Gasteiger partial charge < -0.3 is 15.0 Å². The number of fused-ring (bicyclic) bond motifs is 1. The lowest BCUT2D eigenvalue weighted by Gasteiger charge is -2.38. The zero-order valence-corrected chi connectivity index (χ0v) is 15.8. The molecule has 26 heavy (non-hydrogen) atoms. The molecule has 136 valence electrons. The van der Waals surface area contributed by atoms with Crippen molar-refractivity contribution in [2.45, 2.75) is 32.8 Å². The summed E-state index contributed by atoms with van der Waals surface area (Å²) < 4.78 is 5.83. The fourth-order valence-electron chi connectivity index (χ4n) is 2.90. The molecule has 0 atom stereocenters. The van der Waals surface area contributed by atoms with E-state index in [1.807, 2.05) is 25.1 Å². The minimum absolute atomic E-state index is 0.161. The van der Waals surface area contributed by atoms with Gasteiger partial charge in [0, 0.05) is 23.7 Å². The van der Waals surface area contributed by atoms with Crippen molar-refractivity contribution in [2.75, 3.05) is 16.8 Å². The maximum absolute atomic E-state index is 12.8. The number of carbonyl (C=O) groups excluding carboxylic acids is 2. The Morgan fingerprint density at radius 2 is 2.00 bits per heavy atom. The zero-order valence-electron chi connectivity index (χ0n) is 15.0. The molecular weight excluding hydrogens is 352 g/mol. The number of halogens is 1. The van der Waals surface area contributed by atoms with Gasteiger partial charge in [0.25, 0.3) is 5.91 Å². The van der Waals surface area contributed by atoms with Crippen molar-refractivity contribution in [2.24, 2.45) is 0 Å². The topological polar surface area (TPSA) is 58.6 Å². The second-order valence-electron chi connectivity index (χ2n) is 6.85. The maximum atomic E-state index is 12.8. The zero-order chi connectivity index (χ0) is 18.9. The van der Waals surface area contributed by atoms with Crippen molar-refractivity contribution in [1.82, 2.24) is 0 Å². The van der Waals surface area contributed by atoms with E-state index in [4.69, 9.17) is 16.3 Å². The van der Waals surface area contributed by atoms with E-state index in [9.17, 15) is 9.59 Å². The van der Waals surface area contributed by atoms with Crippen LogP contribution >= 0.6 is 11.6 Å². The van der Waals surface area contributed by atoms with Crippen LogP contribution in [0.4, 0.5) is 11.4 Å². The Balaban J connectivity index is 1.75. The molecule has 2 amide bonds. The molecule has 0 saturated heterocycles. The molecule has 6 heteroatoms.